The molecular formula is C13H14F3N3. The average Bonchev–Trinajstić information content (AvgIpc) is 2.67. The van der Waals surface area contributed by atoms with Crippen LogP contribution in [-0.2, 0) is 19.8 Å². The number of nitrogens with two attached hydrogens (primary N) is 1. The molecule has 0 fully saturated rings. The van der Waals surface area contributed by atoms with E-state index >= 15 is 0 Å². The Kier molecular flexibility index (Phi) is 3.36. The van der Waals surface area contributed by atoms with Crippen molar-refractivity contribution in [3.05, 3.63) is 41.1 Å². The number of alkyl halides is 3. The van der Waals surface area contributed by atoms with Gasteiger partial charge < -0.3 is 5.73 Å². The van der Waals surface area contributed by atoms with Gasteiger partial charge in [-0.25, -0.2) is 0 Å². The van der Waals surface area contributed by atoms with Crippen LogP contribution in [-0.4, -0.2) is 9.78 Å². The Hall–Kier alpha value is -1.82. The summed E-state index contributed by atoms with van der Waals surface area (Å²) >= 11 is 0. The maximum absolute atomic E-state index is 12.9. The zero-order valence-corrected chi connectivity index (χ0v) is 10.6. The van der Waals surface area contributed by atoms with E-state index in [2.05, 4.69) is 5.10 Å². The fourth-order valence-electron chi connectivity index (χ4n) is 2.06. The van der Waals surface area contributed by atoms with Crippen LogP contribution < -0.4 is 5.73 Å². The number of hydrogen-bond acceptors (Lipinski definition) is 2. The lowest BCUT2D eigenvalue weighted by molar-refractivity contribution is -0.142. The number of aromatic nitrogens is 2. The summed E-state index contributed by atoms with van der Waals surface area (Å²) in [5.41, 5.74) is 6.72. The van der Waals surface area contributed by atoms with Crippen molar-refractivity contribution in [2.45, 2.75) is 19.6 Å². The first-order valence-corrected chi connectivity index (χ1v) is 5.74. The highest BCUT2D eigenvalue weighted by Gasteiger charge is 2.38. The summed E-state index contributed by atoms with van der Waals surface area (Å²) in [4.78, 5) is 0. The lowest BCUT2D eigenvalue weighted by atomic mass is 10.0. The molecule has 0 aliphatic carbocycles. The van der Waals surface area contributed by atoms with Crippen molar-refractivity contribution in [2.24, 2.45) is 12.8 Å². The van der Waals surface area contributed by atoms with Crippen molar-refractivity contribution in [1.82, 2.24) is 9.78 Å². The molecule has 0 spiro atoms. The summed E-state index contributed by atoms with van der Waals surface area (Å²) in [7, 11) is 1.49. The van der Waals surface area contributed by atoms with Gasteiger partial charge in [-0.3, -0.25) is 4.68 Å². The number of aryl methyl sites for hydroxylation is 2. The molecule has 1 aromatic heterocycles. The molecule has 2 rings (SSSR count). The fourth-order valence-corrected chi connectivity index (χ4v) is 2.06. The Morgan fingerprint density at radius 2 is 1.79 bits per heavy atom. The van der Waals surface area contributed by atoms with Gasteiger partial charge in [-0.05, 0) is 6.92 Å². The lowest BCUT2D eigenvalue weighted by Gasteiger charge is -2.07. The molecule has 2 aromatic rings. The Morgan fingerprint density at radius 3 is 2.26 bits per heavy atom. The second-order valence-corrected chi connectivity index (χ2v) is 4.37. The van der Waals surface area contributed by atoms with Crippen LogP contribution >= 0.6 is 0 Å². The van der Waals surface area contributed by atoms with Crippen molar-refractivity contribution in [2.75, 3.05) is 0 Å². The minimum Gasteiger partial charge on any atom is -0.326 e. The van der Waals surface area contributed by atoms with E-state index in [9.17, 15) is 13.2 Å². The van der Waals surface area contributed by atoms with Crippen molar-refractivity contribution in [1.29, 1.82) is 0 Å². The Morgan fingerprint density at radius 1 is 1.21 bits per heavy atom. The summed E-state index contributed by atoms with van der Waals surface area (Å²) in [5.74, 6) is 0. The molecule has 0 aliphatic heterocycles. The molecule has 1 aromatic carbocycles. The highest BCUT2D eigenvalue weighted by atomic mass is 19.4. The third kappa shape index (κ3) is 2.49. The van der Waals surface area contributed by atoms with Crippen molar-refractivity contribution < 1.29 is 13.2 Å². The second-order valence-electron chi connectivity index (χ2n) is 4.37. The Bertz CT molecular complexity index is 582. The highest BCUT2D eigenvalue weighted by molar-refractivity contribution is 5.65. The van der Waals surface area contributed by atoms with E-state index in [1.54, 1.807) is 12.1 Å². The predicted octanol–water partition coefficient (Wildman–Crippen LogP) is 2.87. The molecule has 0 atom stereocenters. The molecule has 102 valence electrons. The predicted molar refractivity (Wildman–Crippen MR) is 66.3 cm³/mol. The number of nitrogens with zero attached hydrogens (tertiary/aromatic N) is 2. The number of halogens is 3. The van der Waals surface area contributed by atoms with Crippen molar-refractivity contribution in [3.63, 3.8) is 0 Å². The van der Waals surface area contributed by atoms with Gasteiger partial charge in [0.1, 0.15) is 0 Å². The van der Waals surface area contributed by atoms with Gasteiger partial charge >= 0.3 is 6.18 Å². The fraction of sp³-hybridized carbons (Fsp3) is 0.308. The molecule has 0 saturated heterocycles. The SMILES string of the molecule is Cc1ccc(-c2c(CN)c(C(F)(F)F)nn2C)cc1. The van der Waals surface area contributed by atoms with Crippen LogP contribution in [0.1, 0.15) is 16.8 Å². The topological polar surface area (TPSA) is 43.8 Å². The summed E-state index contributed by atoms with van der Waals surface area (Å²) in [6.07, 6.45) is -4.49. The van der Waals surface area contributed by atoms with Crippen LogP contribution in [0.3, 0.4) is 0 Å². The Balaban J connectivity index is 2.64. The number of benzene rings is 1. The molecule has 3 nitrogen and oxygen atoms in total. The standard InChI is InChI=1S/C13H14F3N3/c1-8-3-5-9(6-4-8)11-10(7-17)12(13(14,15)16)18-19(11)2/h3-6H,7,17H2,1-2H3. The third-order valence-corrected chi connectivity index (χ3v) is 2.94. The first-order chi connectivity index (χ1) is 8.84. The first kappa shape index (κ1) is 13.6. The maximum atomic E-state index is 12.9. The monoisotopic (exact) mass is 269 g/mol. The molecule has 0 unspecified atom stereocenters. The maximum Gasteiger partial charge on any atom is 0.435 e. The molecule has 0 amide bonds. The van der Waals surface area contributed by atoms with Crippen LogP contribution in [0.5, 0.6) is 0 Å². The van der Waals surface area contributed by atoms with E-state index in [-0.39, 0.29) is 12.1 Å². The summed E-state index contributed by atoms with van der Waals surface area (Å²) < 4.78 is 39.9. The lowest BCUT2D eigenvalue weighted by Crippen LogP contribution is -2.11. The molecule has 0 radical (unpaired) electrons. The molecule has 2 N–H and O–H groups in total. The molecule has 19 heavy (non-hydrogen) atoms. The minimum absolute atomic E-state index is 0.0267. The highest BCUT2D eigenvalue weighted by Crippen LogP contribution is 2.35. The van der Waals surface area contributed by atoms with E-state index in [4.69, 9.17) is 5.73 Å². The van der Waals surface area contributed by atoms with Gasteiger partial charge in [0.25, 0.3) is 0 Å². The molecule has 1 heterocycles. The Labute approximate surface area is 108 Å². The van der Waals surface area contributed by atoms with Crippen molar-refractivity contribution in [3.8, 4) is 11.3 Å². The molecule has 6 heteroatoms. The van der Waals surface area contributed by atoms with Gasteiger partial charge in [0.05, 0.1) is 5.69 Å². The van der Waals surface area contributed by atoms with Gasteiger partial charge in [0, 0.05) is 24.7 Å². The van der Waals surface area contributed by atoms with E-state index in [1.165, 1.54) is 11.7 Å². The largest absolute Gasteiger partial charge is 0.435 e. The number of rotatable bonds is 2. The summed E-state index contributed by atoms with van der Waals surface area (Å²) in [5, 5.41) is 3.56. The zero-order chi connectivity index (χ0) is 14.2. The average molecular weight is 269 g/mol. The van der Waals surface area contributed by atoms with Crippen LogP contribution in [0.2, 0.25) is 0 Å². The summed E-state index contributed by atoms with van der Waals surface area (Å²) in [6.45, 7) is 1.71. The summed E-state index contributed by atoms with van der Waals surface area (Å²) in [6, 6.07) is 7.23. The van der Waals surface area contributed by atoms with Crippen LogP contribution in [0.4, 0.5) is 13.2 Å². The second kappa shape index (κ2) is 4.70. The zero-order valence-electron chi connectivity index (χ0n) is 10.6. The molecule has 0 saturated carbocycles. The molecular weight excluding hydrogens is 255 g/mol. The number of hydrogen-bond donors (Lipinski definition) is 1. The van der Waals surface area contributed by atoms with Crippen molar-refractivity contribution >= 4 is 0 Å². The minimum atomic E-state index is -4.49. The van der Waals surface area contributed by atoms with E-state index in [1.807, 2.05) is 19.1 Å². The van der Waals surface area contributed by atoms with Gasteiger partial charge in [-0.2, -0.15) is 18.3 Å². The van der Waals surface area contributed by atoms with Gasteiger partial charge in [-0.15, -0.1) is 0 Å². The molecule has 0 aliphatic rings. The quantitative estimate of drug-likeness (QED) is 0.911. The normalized spacial score (nSPS) is 11.9. The van der Waals surface area contributed by atoms with Gasteiger partial charge in [-0.1, -0.05) is 29.8 Å². The smallest absolute Gasteiger partial charge is 0.326 e. The van der Waals surface area contributed by atoms with E-state index in [0.717, 1.165) is 5.56 Å². The van der Waals surface area contributed by atoms with Gasteiger partial charge in [0.15, 0.2) is 5.69 Å². The van der Waals surface area contributed by atoms with Crippen LogP contribution in [0.15, 0.2) is 24.3 Å². The van der Waals surface area contributed by atoms with E-state index in [0.29, 0.717) is 11.3 Å². The first-order valence-electron chi connectivity index (χ1n) is 5.74. The van der Waals surface area contributed by atoms with Crippen LogP contribution in [0.25, 0.3) is 11.3 Å². The van der Waals surface area contributed by atoms with Gasteiger partial charge in [0.2, 0.25) is 0 Å². The third-order valence-electron chi connectivity index (χ3n) is 2.94. The van der Waals surface area contributed by atoms with Crippen LogP contribution in [0, 0.1) is 6.92 Å². The van der Waals surface area contributed by atoms with E-state index < -0.39 is 11.9 Å². The molecule has 0 bridgehead atoms.